The molecule has 2 aromatic rings. The van der Waals surface area contributed by atoms with Crippen molar-refractivity contribution in [1.29, 1.82) is 0 Å². The number of halogens is 2. The van der Waals surface area contributed by atoms with E-state index in [1.807, 2.05) is 0 Å². The lowest BCUT2D eigenvalue weighted by Gasteiger charge is -2.17. The minimum atomic E-state index is -3.77. The molecule has 26 heavy (non-hydrogen) atoms. The molecule has 0 aliphatic carbocycles. The Bertz CT molecular complexity index is 927. The van der Waals surface area contributed by atoms with Gasteiger partial charge in [0, 0.05) is 18.7 Å². The smallest absolute Gasteiger partial charge is 0.338 e. The summed E-state index contributed by atoms with van der Waals surface area (Å²) in [4.78, 5) is 12.1. The number of nitrogens with zero attached hydrogens (tertiary/aromatic N) is 1. The molecule has 1 fully saturated rings. The first kappa shape index (κ1) is 18.8. The zero-order valence-corrected chi connectivity index (χ0v) is 15.4. The van der Waals surface area contributed by atoms with Crippen molar-refractivity contribution in [2.45, 2.75) is 24.3 Å². The molecular weight excluding hydrogens is 381 g/mol. The van der Waals surface area contributed by atoms with E-state index in [4.69, 9.17) is 16.3 Å². The summed E-state index contributed by atoms with van der Waals surface area (Å²) in [6.45, 7) is 0.615. The summed E-state index contributed by atoms with van der Waals surface area (Å²) in [5.74, 6) is -1.23. The van der Waals surface area contributed by atoms with Gasteiger partial charge in [-0.2, -0.15) is 4.31 Å². The van der Waals surface area contributed by atoms with Crippen LogP contribution >= 0.6 is 11.6 Å². The first-order valence-electron chi connectivity index (χ1n) is 8.10. The Morgan fingerprint density at radius 1 is 1.15 bits per heavy atom. The molecule has 8 heteroatoms. The van der Waals surface area contributed by atoms with Crippen LogP contribution < -0.4 is 0 Å². The molecule has 2 aromatic carbocycles. The lowest BCUT2D eigenvalue weighted by molar-refractivity contribution is 0.0468. The van der Waals surface area contributed by atoms with Crippen molar-refractivity contribution < 1.29 is 22.3 Å². The lowest BCUT2D eigenvalue weighted by Crippen LogP contribution is -2.28. The largest absolute Gasteiger partial charge is 0.457 e. The molecule has 1 saturated heterocycles. The van der Waals surface area contributed by atoms with E-state index in [9.17, 15) is 17.6 Å². The predicted octanol–water partition coefficient (Wildman–Crippen LogP) is 3.62. The summed E-state index contributed by atoms with van der Waals surface area (Å²) in [5, 5.41) is 0.0440. The number of rotatable bonds is 5. The number of hydrogen-bond donors (Lipinski definition) is 0. The van der Waals surface area contributed by atoms with E-state index in [0.717, 1.165) is 12.8 Å². The molecule has 0 amide bonds. The maximum absolute atomic E-state index is 13.6. The molecule has 3 rings (SSSR count). The number of esters is 1. The highest BCUT2D eigenvalue weighted by Crippen LogP contribution is 2.28. The average molecular weight is 398 g/mol. The third kappa shape index (κ3) is 3.90. The first-order chi connectivity index (χ1) is 12.4. The molecule has 0 unspecified atom stereocenters. The van der Waals surface area contributed by atoms with Crippen LogP contribution in [0.1, 0.15) is 28.8 Å². The Morgan fingerprint density at radius 3 is 2.54 bits per heavy atom. The zero-order valence-electron chi connectivity index (χ0n) is 13.8. The van der Waals surface area contributed by atoms with Gasteiger partial charge in [-0.3, -0.25) is 0 Å². The van der Waals surface area contributed by atoms with Gasteiger partial charge in [-0.05, 0) is 37.1 Å². The van der Waals surface area contributed by atoms with Crippen molar-refractivity contribution in [3.63, 3.8) is 0 Å². The molecule has 1 aliphatic rings. The van der Waals surface area contributed by atoms with E-state index >= 15 is 0 Å². The van der Waals surface area contributed by atoms with Gasteiger partial charge in [0.15, 0.2) is 0 Å². The van der Waals surface area contributed by atoms with Gasteiger partial charge in [-0.15, -0.1) is 0 Å². The van der Waals surface area contributed by atoms with Crippen molar-refractivity contribution >= 4 is 27.6 Å². The number of hydrogen-bond acceptors (Lipinski definition) is 4. The first-order valence-corrected chi connectivity index (χ1v) is 9.91. The summed E-state index contributed by atoms with van der Waals surface area (Å²) < 4.78 is 45.4. The highest BCUT2D eigenvalue weighted by atomic mass is 35.5. The van der Waals surface area contributed by atoms with Gasteiger partial charge in [0.25, 0.3) is 0 Å². The van der Waals surface area contributed by atoms with Gasteiger partial charge < -0.3 is 4.74 Å². The van der Waals surface area contributed by atoms with Crippen LogP contribution in [-0.2, 0) is 21.4 Å². The van der Waals surface area contributed by atoms with Crippen LogP contribution in [0.2, 0.25) is 5.02 Å². The van der Waals surface area contributed by atoms with Crippen molar-refractivity contribution in [1.82, 2.24) is 4.31 Å². The topological polar surface area (TPSA) is 63.7 Å². The van der Waals surface area contributed by atoms with Crippen LogP contribution in [0, 0.1) is 5.82 Å². The van der Waals surface area contributed by atoms with Crippen LogP contribution in [0.25, 0.3) is 0 Å². The average Bonchev–Trinajstić information content (AvgIpc) is 3.16. The molecule has 138 valence electrons. The maximum Gasteiger partial charge on any atom is 0.338 e. The van der Waals surface area contributed by atoms with Gasteiger partial charge in [0.1, 0.15) is 17.3 Å². The van der Waals surface area contributed by atoms with Crippen LogP contribution in [0.3, 0.4) is 0 Å². The van der Waals surface area contributed by atoms with Gasteiger partial charge in [-0.25, -0.2) is 17.6 Å². The Hall–Kier alpha value is -1.96. The quantitative estimate of drug-likeness (QED) is 0.723. The molecule has 0 N–H and O–H groups in total. The Morgan fingerprint density at radius 2 is 1.85 bits per heavy atom. The molecule has 1 aliphatic heterocycles. The summed E-state index contributed by atoms with van der Waals surface area (Å²) in [6, 6.07) is 9.89. The molecule has 0 bridgehead atoms. The summed E-state index contributed by atoms with van der Waals surface area (Å²) >= 11 is 6.05. The fourth-order valence-corrected chi connectivity index (χ4v) is 4.76. The Kier molecular flexibility index (Phi) is 5.60. The SMILES string of the molecule is O=C(OCc1ccccc1F)c1ccc(Cl)c(S(=O)(=O)N2CCCC2)c1. The van der Waals surface area contributed by atoms with Gasteiger partial charge in [0.2, 0.25) is 10.0 Å². The van der Waals surface area contributed by atoms with E-state index in [0.29, 0.717) is 13.1 Å². The molecule has 0 spiro atoms. The summed E-state index contributed by atoms with van der Waals surface area (Å²) in [6.07, 6.45) is 1.59. The number of benzene rings is 2. The van der Waals surface area contributed by atoms with E-state index in [1.165, 1.54) is 40.7 Å². The van der Waals surface area contributed by atoms with Crippen LogP contribution in [0.5, 0.6) is 0 Å². The third-order valence-electron chi connectivity index (χ3n) is 4.17. The fourth-order valence-electron chi connectivity index (χ4n) is 2.74. The standard InChI is InChI=1S/C18H17ClFNO4S/c19-15-8-7-13(11-17(15)26(23,24)21-9-3-4-10-21)18(22)25-12-14-5-1-2-6-16(14)20/h1-2,5-8,11H,3-4,9-10,12H2. The number of sulfonamides is 1. The normalized spacial score (nSPS) is 15.2. The van der Waals surface area contributed by atoms with E-state index in [2.05, 4.69) is 0 Å². The minimum absolute atomic E-state index is 0.0440. The maximum atomic E-state index is 13.6. The number of carbonyl (C=O) groups excluding carboxylic acids is 1. The van der Waals surface area contributed by atoms with E-state index < -0.39 is 21.8 Å². The van der Waals surface area contributed by atoms with Crippen molar-refractivity contribution in [3.8, 4) is 0 Å². The molecule has 0 atom stereocenters. The van der Waals surface area contributed by atoms with Crippen molar-refractivity contribution in [2.75, 3.05) is 13.1 Å². The van der Waals surface area contributed by atoms with Gasteiger partial charge in [0.05, 0.1) is 10.6 Å². The Balaban J connectivity index is 1.80. The molecule has 1 heterocycles. The highest BCUT2D eigenvalue weighted by Gasteiger charge is 2.30. The molecule has 0 aromatic heterocycles. The summed E-state index contributed by atoms with van der Waals surface area (Å²) in [5.41, 5.74) is 0.281. The number of carbonyl (C=O) groups is 1. The molecule has 0 saturated carbocycles. The van der Waals surface area contributed by atoms with Gasteiger partial charge in [-0.1, -0.05) is 29.8 Å². The van der Waals surface area contributed by atoms with Crippen LogP contribution in [0.4, 0.5) is 4.39 Å². The predicted molar refractivity (Wildman–Crippen MR) is 95.0 cm³/mol. The summed E-state index contributed by atoms with van der Waals surface area (Å²) in [7, 11) is -3.77. The second-order valence-electron chi connectivity index (χ2n) is 5.92. The second kappa shape index (κ2) is 7.73. The van der Waals surface area contributed by atoms with Crippen molar-refractivity contribution in [2.24, 2.45) is 0 Å². The Labute approximate surface area is 156 Å². The van der Waals surface area contributed by atoms with Crippen molar-refractivity contribution in [3.05, 3.63) is 64.4 Å². The lowest BCUT2D eigenvalue weighted by atomic mass is 10.2. The molecule has 0 radical (unpaired) electrons. The number of ether oxygens (including phenoxy) is 1. The fraction of sp³-hybridized carbons (Fsp3) is 0.278. The van der Waals surface area contributed by atoms with E-state index in [-0.39, 0.29) is 27.7 Å². The second-order valence-corrected chi connectivity index (χ2v) is 8.24. The third-order valence-corrected chi connectivity index (χ3v) is 6.55. The van der Waals surface area contributed by atoms with E-state index in [1.54, 1.807) is 6.07 Å². The molecule has 5 nitrogen and oxygen atoms in total. The van der Waals surface area contributed by atoms with Crippen LogP contribution in [-0.4, -0.2) is 31.8 Å². The molecular formula is C18H17ClFNO4S. The zero-order chi connectivity index (χ0) is 18.7. The van der Waals surface area contributed by atoms with Gasteiger partial charge >= 0.3 is 5.97 Å². The minimum Gasteiger partial charge on any atom is -0.457 e. The monoisotopic (exact) mass is 397 g/mol. The highest BCUT2D eigenvalue weighted by molar-refractivity contribution is 7.89. The van der Waals surface area contributed by atoms with Crippen LogP contribution in [0.15, 0.2) is 47.4 Å².